The third kappa shape index (κ3) is 5.79. The van der Waals surface area contributed by atoms with E-state index in [4.69, 9.17) is 9.47 Å². The van der Waals surface area contributed by atoms with Crippen LogP contribution in [0.25, 0.3) is 16.9 Å². The number of hydrogen-bond acceptors (Lipinski definition) is 7. The molecule has 39 heavy (non-hydrogen) atoms. The quantitative estimate of drug-likeness (QED) is 0.331. The van der Waals surface area contributed by atoms with E-state index in [-0.39, 0.29) is 35.2 Å². The summed E-state index contributed by atoms with van der Waals surface area (Å²) in [6.45, 7) is 3.30. The molecule has 0 bridgehead atoms. The molecule has 10 nitrogen and oxygen atoms in total. The van der Waals surface area contributed by atoms with Crippen LogP contribution in [0, 0.1) is 24.5 Å². The summed E-state index contributed by atoms with van der Waals surface area (Å²) in [7, 11) is 1.39. The molecule has 1 aliphatic carbocycles. The van der Waals surface area contributed by atoms with Gasteiger partial charge in [0.1, 0.15) is 11.4 Å². The normalized spacial score (nSPS) is 12.8. The summed E-state index contributed by atoms with van der Waals surface area (Å²) in [5, 5.41) is 9.84. The van der Waals surface area contributed by atoms with Gasteiger partial charge in [-0.2, -0.15) is 5.10 Å². The van der Waals surface area contributed by atoms with Gasteiger partial charge in [0.25, 0.3) is 5.91 Å². The van der Waals surface area contributed by atoms with Crippen LogP contribution in [0.2, 0.25) is 0 Å². The summed E-state index contributed by atoms with van der Waals surface area (Å²) in [6, 6.07) is 6.93. The first-order valence-electron chi connectivity index (χ1n) is 12.3. The highest BCUT2D eigenvalue weighted by Crippen LogP contribution is 2.32. The number of carbonyl (C=O) groups is 2. The molecule has 12 heteroatoms. The zero-order valence-corrected chi connectivity index (χ0v) is 21.5. The van der Waals surface area contributed by atoms with Crippen LogP contribution in [0.15, 0.2) is 36.5 Å². The Hall–Kier alpha value is -4.61. The van der Waals surface area contributed by atoms with Gasteiger partial charge in [-0.25, -0.2) is 23.3 Å². The van der Waals surface area contributed by atoms with Crippen LogP contribution in [0.5, 0.6) is 11.6 Å². The molecule has 202 valence electrons. The average Bonchev–Trinajstić information content (AvgIpc) is 3.63. The Labute approximate surface area is 222 Å². The number of aryl methyl sites for hydroxylation is 1. The molecular formula is C27H26F2N6O4. The summed E-state index contributed by atoms with van der Waals surface area (Å²) in [6.07, 6.45) is 3.59. The number of benzene rings is 1. The number of hydrogen-bond donors (Lipinski definition) is 2. The van der Waals surface area contributed by atoms with Crippen molar-refractivity contribution in [1.82, 2.24) is 24.9 Å². The zero-order valence-electron chi connectivity index (χ0n) is 21.5. The Bertz CT molecular complexity index is 1580. The van der Waals surface area contributed by atoms with Crippen molar-refractivity contribution in [2.45, 2.75) is 33.2 Å². The van der Waals surface area contributed by atoms with Crippen molar-refractivity contribution in [2.24, 2.45) is 5.92 Å². The highest BCUT2D eigenvalue weighted by atomic mass is 19.1. The number of fused-ring (bicyclic) bond motifs is 1. The molecule has 1 fully saturated rings. The van der Waals surface area contributed by atoms with Gasteiger partial charge >= 0.3 is 0 Å². The molecule has 1 aliphatic rings. The van der Waals surface area contributed by atoms with E-state index in [1.165, 1.54) is 18.5 Å². The first kappa shape index (κ1) is 26.0. The highest BCUT2D eigenvalue weighted by Gasteiger charge is 2.24. The molecule has 0 spiro atoms. The molecule has 3 aromatic heterocycles. The van der Waals surface area contributed by atoms with Gasteiger partial charge in [0.05, 0.1) is 31.3 Å². The average molecular weight is 537 g/mol. The van der Waals surface area contributed by atoms with Crippen LogP contribution < -0.4 is 20.1 Å². The number of rotatable bonds is 9. The van der Waals surface area contributed by atoms with Crippen LogP contribution in [-0.2, 0) is 11.3 Å². The van der Waals surface area contributed by atoms with Crippen LogP contribution in [0.1, 0.15) is 41.4 Å². The summed E-state index contributed by atoms with van der Waals surface area (Å²) in [4.78, 5) is 33.3. The lowest BCUT2D eigenvalue weighted by molar-refractivity contribution is -0.114. The van der Waals surface area contributed by atoms with Crippen LogP contribution in [0.3, 0.4) is 0 Å². The van der Waals surface area contributed by atoms with Crippen molar-refractivity contribution < 1.29 is 27.8 Å². The van der Waals surface area contributed by atoms with Crippen molar-refractivity contribution in [1.29, 1.82) is 0 Å². The fraction of sp³-hybridized carbons (Fsp3) is 0.296. The summed E-state index contributed by atoms with van der Waals surface area (Å²) < 4.78 is 40.9. The second-order valence-electron chi connectivity index (χ2n) is 9.32. The minimum absolute atomic E-state index is 0.0743. The molecule has 1 aromatic carbocycles. The van der Waals surface area contributed by atoms with E-state index in [0.29, 0.717) is 40.9 Å². The SMILES string of the molecule is COc1nc(C)c(-c2ccc3nc(NC(C)=O)cn3n2)cc1C(=O)NCc1cc(F)cc(F)c1OCC1CC1. The van der Waals surface area contributed by atoms with Crippen molar-refractivity contribution in [3.8, 4) is 22.9 Å². The van der Waals surface area contributed by atoms with E-state index in [2.05, 4.69) is 25.7 Å². The maximum Gasteiger partial charge on any atom is 0.257 e. The largest absolute Gasteiger partial charge is 0.490 e. The van der Waals surface area contributed by atoms with Gasteiger partial charge in [-0.1, -0.05) is 0 Å². The molecule has 0 radical (unpaired) electrons. The number of amides is 2. The molecule has 0 aliphatic heterocycles. The van der Waals surface area contributed by atoms with E-state index >= 15 is 0 Å². The molecule has 4 aromatic rings. The number of ether oxygens (including phenoxy) is 2. The Morgan fingerprint density at radius 1 is 1.15 bits per heavy atom. The maximum atomic E-state index is 14.5. The van der Waals surface area contributed by atoms with Crippen LogP contribution in [0.4, 0.5) is 14.6 Å². The standard InChI is InChI=1S/C27H26F2N6O4/c1-14-19(22-6-7-24-33-23(32-15(2)36)12-35(24)34-22)10-20(27(31-14)38-3)26(37)30-11-17-8-18(28)9-21(29)25(17)39-13-16-4-5-16/h6-10,12,16H,4-5,11,13H2,1-3H3,(H,30,37)(H,32,36). The van der Waals surface area contributed by atoms with E-state index in [1.54, 1.807) is 31.3 Å². The minimum atomic E-state index is -0.820. The molecule has 0 unspecified atom stereocenters. The van der Waals surface area contributed by atoms with Gasteiger partial charge in [0.2, 0.25) is 11.8 Å². The lowest BCUT2D eigenvalue weighted by Crippen LogP contribution is -2.24. The number of halogens is 2. The Kier molecular flexibility index (Phi) is 7.09. The van der Waals surface area contributed by atoms with Crippen molar-refractivity contribution in [2.75, 3.05) is 19.0 Å². The summed E-state index contributed by atoms with van der Waals surface area (Å²) in [5.74, 6) is -1.68. The smallest absolute Gasteiger partial charge is 0.257 e. The number of pyridine rings is 1. The van der Waals surface area contributed by atoms with Crippen LogP contribution >= 0.6 is 0 Å². The van der Waals surface area contributed by atoms with Crippen molar-refractivity contribution in [3.05, 3.63) is 65.0 Å². The van der Waals surface area contributed by atoms with Crippen molar-refractivity contribution in [3.63, 3.8) is 0 Å². The van der Waals surface area contributed by atoms with Gasteiger partial charge in [-0.15, -0.1) is 0 Å². The predicted molar refractivity (Wildman–Crippen MR) is 138 cm³/mol. The fourth-order valence-corrected chi connectivity index (χ4v) is 4.09. The number of methoxy groups -OCH3 is 1. The van der Waals surface area contributed by atoms with Crippen molar-refractivity contribution >= 4 is 23.3 Å². The van der Waals surface area contributed by atoms with E-state index in [0.717, 1.165) is 25.0 Å². The first-order valence-corrected chi connectivity index (χ1v) is 12.3. The van der Waals surface area contributed by atoms with Crippen LogP contribution in [-0.4, -0.2) is 45.1 Å². The maximum absolute atomic E-state index is 14.5. The molecule has 0 atom stereocenters. The molecule has 1 saturated carbocycles. The number of aromatic nitrogens is 4. The van der Waals surface area contributed by atoms with Gasteiger partial charge < -0.3 is 20.1 Å². The van der Waals surface area contributed by atoms with E-state index < -0.39 is 17.5 Å². The number of nitrogens with one attached hydrogen (secondary N) is 2. The van der Waals surface area contributed by atoms with Gasteiger partial charge in [-0.05, 0) is 49.9 Å². The zero-order chi connectivity index (χ0) is 27.7. The fourth-order valence-electron chi connectivity index (χ4n) is 4.09. The second kappa shape index (κ2) is 10.6. The number of nitrogens with zero attached hydrogens (tertiary/aromatic N) is 4. The molecule has 5 rings (SSSR count). The van der Waals surface area contributed by atoms with Gasteiger partial charge in [0, 0.05) is 30.7 Å². The summed E-state index contributed by atoms with van der Waals surface area (Å²) in [5.41, 5.74) is 2.42. The Morgan fingerprint density at radius 2 is 1.95 bits per heavy atom. The second-order valence-corrected chi connectivity index (χ2v) is 9.32. The number of anilines is 1. The van der Waals surface area contributed by atoms with Gasteiger partial charge in [-0.3, -0.25) is 9.59 Å². The molecule has 0 saturated heterocycles. The Balaban J connectivity index is 1.41. The predicted octanol–water partition coefficient (Wildman–Crippen LogP) is 4.06. The molecule has 3 heterocycles. The lowest BCUT2D eigenvalue weighted by Gasteiger charge is -2.15. The van der Waals surface area contributed by atoms with Gasteiger partial charge in [0.15, 0.2) is 23.0 Å². The number of imidazole rings is 1. The topological polar surface area (TPSA) is 120 Å². The monoisotopic (exact) mass is 536 g/mol. The highest BCUT2D eigenvalue weighted by molar-refractivity contribution is 5.97. The summed E-state index contributed by atoms with van der Waals surface area (Å²) >= 11 is 0. The molecule has 2 N–H and O–H groups in total. The first-order chi connectivity index (χ1) is 18.7. The number of carbonyl (C=O) groups excluding carboxylic acids is 2. The third-order valence-corrected chi connectivity index (χ3v) is 6.20. The molecular weight excluding hydrogens is 510 g/mol. The van der Waals surface area contributed by atoms with E-state index in [9.17, 15) is 18.4 Å². The molecule has 2 amide bonds. The Morgan fingerprint density at radius 3 is 2.67 bits per heavy atom. The third-order valence-electron chi connectivity index (χ3n) is 6.20. The lowest BCUT2D eigenvalue weighted by atomic mass is 10.1. The minimum Gasteiger partial charge on any atom is -0.490 e. The van der Waals surface area contributed by atoms with E-state index in [1.807, 2.05) is 0 Å².